The summed E-state index contributed by atoms with van der Waals surface area (Å²) in [6.45, 7) is 2.22. The minimum atomic E-state index is -0.235. The second-order valence-electron chi connectivity index (χ2n) is 5.29. The fourth-order valence-corrected chi connectivity index (χ4v) is 3.35. The predicted molar refractivity (Wildman–Crippen MR) is 80.7 cm³/mol. The van der Waals surface area contributed by atoms with Gasteiger partial charge in [0.05, 0.1) is 12.5 Å². The summed E-state index contributed by atoms with van der Waals surface area (Å²) >= 11 is 1.49. The summed E-state index contributed by atoms with van der Waals surface area (Å²) < 4.78 is 0. The Labute approximate surface area is 127 Å². The van der Waals surface area contributed by atoms with E-state index in [9.17, 15) is 9.59 Å². The van der Waals surface area contributed by atoms with Crippen molar-refractivity contribution in [1.29, 1.82) is 0 Å². The lowest BCUT2D eigenvalue weighted by atomic mass is 9.98. The smallest absolute Gasteiger partial charge is 0.233 e. The first-order chi connectivity index (χ1) is 10.1. The molecule has 21 heavy (non-hydrogen) atoms. The van der Waals surface area contributed by atoms with E-state index in [-0.39, 0.29) is 17.7 Å². The fourth-order valence-electron chi connectivity index (χ4n) is 2.59. The van der Waals surface area contributed by atoms with Crippen LogP contribution in [-0.2, 0) is 22.6 Å². The first kappa shape index (κ1) is 13.9. The summed E-state index contributed by atoms with van der Waals surface area (Å²) in [5.41, 5.74) is 2.02. The Bertz CT molecular complexity index is 666. The van der Waals surface area contributed by atoms with Crippen LogP contribution >= 0.6 is 11.3 Å². The van der Waals surface area contributed by atoms with E-state index in [4.69, 9.17) is 0 Å². The number of likely N-dealkylation sites (tertiary alicyclic amines) is 1. The molecular weight excluding hydrogens is 284 g/mol. The van der Waals surface area contributed by atoms with E-state index in [0.717, 1.165) is 16.3 Å². The molecule has 0 saturated carbocycles. The van der Waals surface area contributed by atoms with Crippen LogP contribution in [-0.4, -0.2) is 21.7 Å². The zero-order valence-electron chi connectivity index (χ0n) is 11.8. The molecule has 2 aromatic rings. The van der Waals surface area contributed by atoms with Gasteiger partial charge in [0.2, 0.25) is 11.8 Å². The van der Waals surface area contributed by atoms with Gasteiger partial charge in [-0.2, -0.15) is 0 Å². The maximum atomic E-state index is 12.4. The molecule has 0 spiro atoms. The third-order valence-corrected chi connectivity index (χ3v) is 4.57. The Balaban J connectivity index is 1.70. The zero-order valence-corrected chi connectivity index (χ0v) is 12.6. The third kappa shape index (κ3) is 3.03. The van der Waals surface area contributed by atoms with E-state index < -0.39 is 0 Å². The van der Waals surface area contributed by atoms with Crippen molar-refractivity contribution in [3.63, 3.8) is 0 Å². The number of hydrogen-bond donors (Lipinski definition) is 0. The number of aromatic nitrogens is 1. The lowest BCUT2D eigenvalue weighted by Crippen LogP contribution is -2.30. The second kappa shape index (κ2) is 5.77. The van der Waals surface area contributed by atoms with Crippen LogP contribution < -0.4 is 0 Å². The van der Waals surface area contributed by atoms with Crippen LogP contribution in [0.4, 0.5) is 0 Å². The Morgan fingerprint density at radius 3 is 2.71 bits per heavy atom. The molecule has 5 heteroatoms. The molecule has 0 bridgehead atoms. The van der Waals surface area contributed by atoms with Crippen molar-refractivity contribution in [1.82, 2.24) is 9.88 Å². The molecule has 1 aliphatic heterocycles. The topological polar surface area (TPSA) is 50.3 Å². The summed E-state index contributed by atoms with van der Waals surface area (Å²) in [4.78, 5) is 30.2. The second-order valence-corrected chi connectivity index (χ2v) is 6.23. The van der Waals surface area contributed by atoms with Gasteiger partial charge in [0.15, 0.2) is 0 Å². The van der Waals surface area contributed by atoms with Crippen molar-refractivity contribution in [3.8, 4) is 0 Å². The molecule has 3 rings (SSSR count). The molecule has 2 amide bonds. The normalized spacial score (nSPS) is 18.5. The van der Waals surface area contributed by atoms with E-state index in [2.05, 4.69) is 4.98 Å². The number of nitrogens with zero attached hydrogens (tertiary/aromatic N) is 2. The molecule has 108 valence electrons. The number of rotatable bonds is 4. The van der Waals surface area contributed by atoms with Crippen molar-refractivity contribution in [2.75, 3.05) is 0 Å². The van der Waals surface area contributed by atoms with Gasteiger partial charge in [0, 0.05) is 17.5 Å². The van der Waals surface area contributed by atoms with Gasteiger partial charge in [0.25, 0.3) is 0 Å². The highest BCUT2D eigenvalue weighted by atomic mass is 32.1. The summed E-state index contributed by atoms with van der Waals surface area (Å²) in [6, 6.07) is 9.83. The van der Waals surface area contributed by atoms with Gasteiger partial charge in [-0.3, -0.25) is 14.5 Å². The number of aryl methyl sites for hydroxylation is 1. The predicted octanol–water partition coefficient (Wildman–Crippen LogP) is 2.57. The monoisotopic (exact) mass is 300 g/mol. The fraction of sp³-hybridized carbons (Fsp3) is 0.312. The molecule has 1 unspecified atom stereocenters. The van der Waals surface area contributed by atoms with Crippen molar-refractivity contribution >= 4 is 23.2 Å². The summed E-state index contributed by atoms with van der Waals surface area (Å²) in [5, 5.41) is 2.75. The van der Waals surface area contributed by atoms with Crippen molar-refractivity contribution in [3.05, 3.63) is 52.0 Å². The molecular formula is C16H16N2O2S. The van der Waals surface area contributed by atoms with E-state index in [0.29, 0.717) is 19.4 Å². The number of carbonyl (C=O) groups is 2. The maximum Gasteiger partial charge on any atom is 0.233 e. The highest BCUT2D eigenvalue weighted by Gasteiger charge is 2.38. The number of hydrogen-bond acceptors (Lipinski definition) is 4. The van der Waals surface area contributed by atoms with Gasteiger partial charge in [0.1, 0.15) is 5.01 Å². The van der Waals surface area contributed by atoms with Crippen LogP contribution in [0.3, 0.4) is 0 Å². The van der Waals surface area contributed by atoms with Gasteiger partial charge in [-0.15, -0.1) is 11.3 Å². The number of amides is 2. The van der Waals surface area contributed by atoms with Crippen LogP contribution in [0.5, 0.6) is 0 Å². The van der Waals surface area contributed by atoms with E-state index >= 15 is 0 Å². The third-order valence-electron chi connectivity index (χ3n) is 3.62. The molecule has 1 aromatic carbocycles. The Morgan fingerprint density at radius 1 is 1.29 bits per heavy atom. The summed E-state index contributed by atoms with van der Waals surface area (Å²) in [7, 11) is 0. The minimum Gasteiger partial charge on any atom is -0.275 e. The number of imide groups is 1. The van der Waals surface area contributed by atoms with Gasteiger partial charge in [-0.1, -0.05) is 30.3 Å². The number of benzene rings is 1. The minimum absolute atomic E-state index is 0.0725. The molecule has 1 aliphatic rings. The van der Waals surface area contributed by atoms with Crippen LogP contribution in [0.1, 0.15) is 22.7 Å². The maximum absolute atomic E-state index is 12.4. The van der Waals surface area contributed by atoms with Crippen LogP contribution in [0, 0.1) is 12.8 Å². The molecule has 0 N–H and O–H groups in total. The highest BCUT2D eigenvalue weighted by Crippen LogP contribution is 2.25. The van der Waals surface area contributed by atoms with Crippen LogP contribution in [0.2, 0.25) is 0 Å². The van der Waals surface area contributed by atoms with Gasteiger partial charge >= 0.3 is 0 Å². The average Bonchev–Trinajstić information content (AvgIpc) is 2.99. The molecule has 1 fully saturated rings. The molecule has 2 heterocycles. The Morgan fingerprint density at radius 2 is 2.05 bits per heavy atom. The Kier molecular flexibility index (Phi) is 3.84. The SMILES string of the molecule is Cc1csc(CN2C(=O)CC(Cc3ccccc3)C2=O)n1. The van der Waals surface area contributed by atoms with E-state index in [1.165, 1.54) is 16.2 Å². The van der Waals surface area contributed by atoms with Crippen molar-refractivity contribution < 1.29 is 9.59 Å². The van der Waals surface area contributed by atoms with E-state index in [1.807, 2.05) is 42.6 Å². The molecule has 0 aliphatic carbocycles. The molecule has 4 nitrogen and oxygen atoms in total. The van der Waals surface area contributed by atoms with Crippen molar-refractivity contribution in [2.45, 2.75) is 26.3 Å². The highest BCUT2D eigenvalue weighted by molar-refractivity contribution is 7.09. The van der Waals surface area contributed by atoms with Gasteiger partial charge in [-0.25, -0.2) is 4.98 Å². The number of thiazole rings is 1. The molecule has 1 atom stereocenters. The molecule has 0 radical (unpaired) electrons. The first-order valence-corrected chi connectivity index (χ1v) is 7.80. The number of carbonyl (C=O) groups excluding carboxylic acids is 2. The zero-order chi connectivity index (χ0) is 14.8. The van der Waals surface area contributed by atoms with Gasteiger partial charge in [-0.05, 0) is 18.9 Å². The largest absolute Gasteiger partial charge is 0.275 e. The van der Waals surface area contributed by atoms with E-state index in [1.54, 1.807) is 0 Å². The van der Waals surface area contributed by atoms with Crippen molar-refractivity contribution in [2.24, 2.45) is 5.92 Å². The van der Waals surface area contributed by atoms with Crippen LogP contribution in [0.25, 0.3) is 0 Å². The summed E-state index contributed by atoms with van der Waals surface area (Å²) in [6.07, 6.45) is 0.927. The molecule has 1 saturated heterocycles. The lowest BCUT2D eigenvalue weighted by molar-refractivity contribution is -0.140. The lowest BCUT2D eigenvalue weighted by Gasteiger charge is -2.13. The van der Waals surface area contributed by atoms with Gasteiger partial charge < -0.3 is 0 Å². The van der Waals surface area contributed by atoms with Crippen LogP contribution in [0.15, 0.2) is 35.7 Å². The first-order valence-electron chi connectivity index (χ1n) is 6.92. The standard InChI is InChI=1S/C16H16N2O2S/c1-11-10-21-14(17-11)9-18-15(19)8-13(16(18)20)7-12-5-3-2-4-6-12/h2-6,10,13H,7-9H2,1H3. The summed E-state index contributed by atoms with van der Waals surface area (Å²) in [5.74, 6) is -0.397. The quantitative estimate of drug-likeness (QED) is 0.815. The average molecular weight is 300 g/mol. The molecule has 1 aromatic heterocycles. The Hall–Kier alpha value is -2.01.